The Bertz CT molecular complexity index is 1120. The van der Waals surface area contributed by atoms with Gasteiger partial charge in [0, 0.05) is 29.6 Å². The molecule has 1 amide bonds. The molecule has 1 N–H and O–H groups in total. The number of amides is 1. The number of nitrogens with zero attached hydrogens (tertiary/aromatic N) is 3. The van der Waals surface area contributed by atoms with Crippen LogP contribution in [-0.2, 0) is 18.3 Å². The zero-order chi connectivity index (χ0) is 20.9. The van der Waals surface area contributed by atoms with Gasteiger partial charge < -0.3 is 9.88 Å². The molecule has 0 aliphatic rings. The van der Waals surface area contributed by atoms with Crippen LogP contribution in [0.2, 0.25) is 0 Å². The number of nitrogens with one attached hydrogen (secondary N) is 1. The fraction of sp³-hybridized carbons (Fsp3) is 0.174. The van der Waals surface area contributed by atoms with Gasteiger partial charge in [0.25, 0.3) is 0 Å². The Balaban J connectivity index is 1.45. The summed E-state index contributed by atoms with van der Waals surface area (Å²) in [4.78, 5) is 14.1. The highest BCUT2D eigenvalue weighted by molar-refractivity contribution is 8.00. The highest BCUT2D eigenvalue weighted by Crippen LogP contribution is 2.29. The molecule has 0 saturated heterocycles. The first-order valence-corrected chi connectivity index (χ1v) is 11.4. The first kappa shape index (κ1) is 20.4. The molecule has 0 fully saturated rings. The van der Waals surface area contributed by atoms with E-state index in [9.17, 15) is 4.79 Å². The first-order valence-electron chi connectivity index (χ1n) is 9.64. The summed E-state index contributed by atoms with van der Waals surface area (Å²) in [5, 5.41) is 14.2. The monoisotopic (exact) mass is 434 g/mol. The van der Waals surface area contributed by atoms with Crippen molar-refractivity contribution in [3.8, 4) is 11.1 Å². The van der Waals surface area contributed by atoms with Gasteiger partial charge in [0.1, 0.15) is 5.82 Å². The average molecular weight is 435 g/mol. The summed E-state index contributed by atoms with van der Waals surface area (Å²) in [7, 11) is 1.95. The lowest BCUT2D eigenvalue weighted by Gasteiger charge is -2.14. The van der Waals surface area contributed by atoms with Crippen molar-refractivity contribution in [3.63, 3.8) is 0 Å². The van der Waals surface area contributed by atoms with Gasteiger partial charge in [-0.25, -0.2) is 0 Å². The van der Waals surface area contributed by atoms with E-state index >= 15 is 0 Å². The van der Waals surface area contributed by atoms with Gasteiger partial charge in [0.15, 0.2) is 5.16 Å². The molecule has 4 aromatic rings. The third-order valence-corrected chi connectivity index (χ3v) is 6.77. The van der Waals surface area contributed by atoms with Crippen LogP contribution in [0.1, 0.15) is 17.6 Å². The van der Waals surface area contributed by atoms with Crippen molar-refractivity contribution in [3.05, 3.63) is 82.8 Å². The SMILES string of the molecule is CC(Sc1nnc(Cc2cccs2)n1C)C(=O)Nc1ccccc1-c1ccccc1. The second kappa shape index (κ2) is 9.28. The van der Waals surface area contributed by atoms with Crippen LogP contribution < -0.4 is 5.32 Å². The van der Waals surface area contributed by atoms with Crippen LogP contribution in [0.3, 0.4) is 0 Å². The van der Waals surface area contributed by atoms with Crippen LogP contribution in [0.15, 0.2) is 77.3 Å². The van der Waals surface area contributed by atoms with Gasteiger partial charge in [-0.05, 0) is 30.0 Å². The van der Waals surface area contributed by atoms with E-state index < -0.39 is 0 Å². The van der Waals surface area contributed by atoms with Crippen LogP contribution in [-0.4, -0.2) is 25.9 Å². The minimum Gasteiger partial charge on any atom is -0.325 e. The summed E-state index contributed by atoms with van der Waals surface area (Å²) < 4.78 is 1.96. The lowest BCUT2D eigenvalue weighted by atomic mass is 10.0. The number of benzene rings is 2. The molecule has 1 atom stereocenters. The van der Waals surface area contributed by atoms with Crippen molar-refractivity contribution >= 4 is 34.7 Å². The molecule has 2 aromatic heterocycles. The summed E-state index contributed by atoms with van der Waals surface area (Å²) in [5.74, 6) is 0.827. The number of para-hydroxylation sites is 1. The number of aromatic nitrogens is 3. The number of thioether (sulfide) groups is 1. The number of hydrogen-bond acceptors (Lipinski definition) is 5. The largest absolute Gasteiger partial charge is 0.325 e. The molecule has 2 heterocycles. The standard InChI is InChI=1S/C23H22N4OS2/c1-16(30-23-26-25-21(27(23)2)15-18-11-8-14-29-18)22(28)24-20-13-7-6-12-19(20)17-9-4-3-5-10-17/h3-14,16H,15H2,1-2H3,(H,24,28). The minimum atomic E-state index is -0.314. The molecule has 30 heavy (non-hydrogen) atoms. The van der Waals surface area contributed by atoms with Crippen molar-refractivity contribution in [1.82, 2.24) is 14.8 Å². The molecule has 0 radical (unpaired) electrons. The molecule has 0 aliphatic carbocycles. The van der Waals surface area contributed by atoms with Crippen molar-refractivity contribution in [1.29, 1.82) is 0 Å². The quantitative estimate of drug-likeness (QED) is 0.403. The molecule has 4 rings (SSSR count). The molecule has 0 bridgehead atoms. The minimum absolute atomic E-state index is 0.0637. The van der Waals surface area contributed by atoms with Gasteiger partial charge in [-0.15, -0.1) is 21.5 Å². The Labute approximate surface area is 184 Å². The van der Waals surface area contributed by atoms with Gasteiger partial charge in [-0.1, -0.05) is 66.4 Å². The predicted octanol–water partition coefficient (Wildman–Crippen LogP) is 5.25. The molecule has 5 nitrogen and oxygen atoms in total. The smallest absolute Gasteiger partial charge is 0.237 e. The number of thiophene rings is 1. The maximum Gasteiger partial charge on any atom is 0.237 e. The maximum atomic E-state index is 12.9. The fourth-order valence-electron chi connectivity index (χ4n) is 3.08. The average Bonchev–Trinajstić information content (AvgIpc) is 3.40. The van der Waals surface area contributed by atoms with Crippen LogP contribution in [0, 0.1) is 0 Å². The Hall–Kier alpha value is -2.90. The zero-order valence-corrected chi connectivity index (χ0v) is 18.4. The molecular weight excluding hydrogens is 412 g/mol. The molecule has 2 aromatic carbocycles. The van der Waals surface area contributed by atoms with Crippen LogP contribution in [0.25, 0.3) is 11.1 Å². The Morgan fingerprint density at radius 3 is 2.60 bits per heavy atom. The first-order chi connectivity index (χ1) is 14.6. The summed E-state index contributed by atoms with van der Waals surface area (Å²) in [6, 6.07) is 22.0. The number of anilines is 1. The molecule has 0 aliphatic heterocycles. The number of carbonyl (C=O) groups excluding carboxylic acids is 1. The summed E-state index contributed by atoms with van der Waals surface area (Å²) in [6.45, 7) is 1.89. The summed E-state index contributed by atoms with van der Waals surface area (Å²) in [6.07, 6.45) is 0.743. The van der Waals surface area contributed by atoms with Crippen LogP contribution >= 0.6 is 23.1 Å². The highest BCUT2D eigenvalue weighted by Gasteiger charge is 2.20. The van der Waals surface area contributed by atoms with E-state index in [2.05, 4.69) is 27.0 Å². The van der Waals surface area contributed by atoms with Crippen LogP contribution in [0.5, 0.6) is 0 Å². The van der Waals surface area contributed by atoms with Gasteiger partial charge in [0.2, 0.25) is 5.91 Å². The van der Waals surface area contributed by atoms with Gasteiger partial charge in [-0.2, -0.15) is 0 Å². The van der Waals surface area contributed by atoms with E-state index in [0.29, 0.717) is 0 Å². The van der Waals surface area contributed by atoms with E-state index in [-0.39, 0.29) is 11.2 Å². The Morgan fingerprint density at radius 2 is 1.83 bits per heavy atom. The summed E-state index contributed by atoms with van der Waals surface area (Å²) >= 11 is 3.12. The van der Waals surface area contributed by atoms with Crippen molar-refractivity contribution in [2.24, 2.45) is 7.05 Å². The van der Waals surface area contributed by atoms with Crippen molar-refractivity contribution < 1.29 is 4.79 Å². The van der Waals surface area contributed by atoms with E-state index in [1.165, 1.54) is 16.6 Å². The fourth-order valence-corrected chi connectivity index (χ4v) is 4.61. The highest BCUT2D eigenvalue weighted by atomic mass is 32.2. The second-order valence-corrected chi connectivity index (χ2v) is 9.22. The summed E-state index contributed by atoms with van der Waals surface area (Å²) in [5.41, 5.74) is 2.87. The lowest BCUT2D eigenvalue weighted by Crippen LogP contribution is -2.23. The molecule has 0 spiro atoms. The lowest BCUT2D eigenvalue weighted by molar-refractivity contribution is -0.115. The van der Waals surface area contributed by atoms with Gasteiger partial charge in [0.05, 0.1) is 5.25 Å². The molecule has 1 unspecified atom stereocenters. The third-order valence-electron chi connectivity index (χ3n) is 4.76. The van der Waals surface area contributed by atoms with E-state index in [1.54, 1.807) is 11.3 Å². The molecule has 0 saturated carbocycles. The Morgan fingerprint density at radius 1 is 1.07 bits per heavy atom. The zero-order valence-electron chi connectivity index (χ0n) is 16.8. The second-order valence-electron chi connectivity index (χ2n) is 6.87. The van der Waals surface area contributed by atoms with E-state index in [1.807, 2.05) is 79.2 Å². The molecule has 7 heteroatoms. The normalized spacial score (nSPS) is 11.9. The molecular formula is C23H22N4OS2. The topological polar surface area (TPSA) is 59.8 Å². The third kappa shape index (κ3) is 4.63. The van der Waals surface area contributed by atoms with E-state index in [0.717, 1.165) is 34.2 Å². The van der Waals surface area contributed by atoms with E-state index in [4.69, 9.17) is 0 Å². The molecule has 152 valence electrons. The number of rotatable bonds is 7. The Kier molecular flexibility index (Phi) is 6.30. The van der Waals surface area contributed by atoms with Crippen molar-refractivity contribution in [2.45, 2.75) is 23.8 Å². The van der Waals surface area contributed by atoms with Gasteiger partial charge in [-0.3, -0.25) is 4.79 Å². The van der Waals surface area contributed by atoms with Crippen LogP contribution in [0.4, 0.5) is 5.69 Å². The van der Waals surface area contributed by atoms with Gasteiger partial charge >= 0.3 is 0 Å². The number of carbonyl (C=O) groups is 1. The predicted molar refractivity (Wildman–Crippen MR) is 124 cm³/mol. The number of hydrogen-bond donors (Lipinski definition) is 1. The maximum absolute atomic E-state index is 12.9. The van der Waals surface area contributed by atoms with Crippen molar-refractivity contribution in [2.75, 3.05) is 5.32 Å².